The second-order valence-electron chi connectivity index (χ2n) is 8.68. The third-order valence-electron chi connectivity index (χ3n) is 6.55. The second kappa shape index (κ2) is 9.20. The number of aromatic nitrogens is 4. The summed E-state index contributed by atoms with van der Waals surface area (Å²) in [5.74, 6) is 2.24. The normalized spacial score (nSPS) is 21.3. The molecule has 7 nitrogen and oxygen atoms in total. The molecule has 0 unspecified atom stereocenters. The molecular formula is C25H28N4O3. The van der Waals surface area contributed by atoms with E-state index in [2.05, 4.69) is 33.2 Å². The molecule has 7 heteroatoms. The molecule has 5 rings (SSSR count). The van der Waals surface area contributed by atoms with E-state index in [1.807, 2.05) is 6.07 Å². The van der Waals surface area contributed by atoms with Gasteiger partial charge in [-0.05, 0) is 67.4 Å². The predicted molar refractivity (Wildman–Crippen MR) is 123 cm³/mol. The Labute approximate surface area is 187 Å². The van der Waals surface area contributed by atoms with Gasteiger partial charge in [-0.1, -0.05) is 6.08 Å². The maximum Gasteiger partial charge on any atom is 0.269 e. The zero-order chi connectivity index (χ0) is 21.9. The molecule has 0 N–H and O–H groups in total. The van der Waals surface area contributed by atoms with Gasteiger partial charge in [-0.2, -0.15) is 0 Å². The number of hydrogen-bond donors (Lipinski definition) is 0. The minimum absolute atomic E-state index is 0.125. The molecule has 2 aliphatic rings. The standard InChI is InChI=1S/C25H28N4O3/c1-29-24(30)16-28-21-14-19(18-7-11-31-12-8-18)15-22(25(21)29)32-20-5-3-17(4-6-20)13-23-26-9-2-10-27-23/h2,7,9-10,14-17,20H,3-6,8,11-13H2,1H3. The van der Waals surface area contributed by atoms with Crippen LogP contribution in [-0.2, 0) is 18.2 Å². The highest BCUT2D eigenvalue weighted by Gasteiger charge is 2.25. The van der Waals surface area contributed by atoms with Crippen molar-refractivity contribution in [1.82, 2.24) is 19.5 Å². The van der Waals surface area contributed by atoms with Gasteiger partial charge < -0.3 is 14.0 Å². The van der Waals surface area contributed by atoms with Crippen molar-refractivity contribution in [3.05, 3.63) is 64.6 Å². The lowest BCUT2D eigenvalue weighted by molar-refractivity contribution is 0.131. The van der Waals surface area contributed by atoms with Crippen LogP contribution in [-0.4, -0.2) is 38.8 Å². The van der Waals surface area contributed by atoms with Crippen molar-refractivity contribution in [2.24, 2.45) is 13.0 Å². The van der Waals surface area contributed by atoms with Gasteiger partial charge in [-0.15, -0.1) is 0 Å². The van der Waals surface area contributed by atoms with Crippen molar-refractivity contribution in [3.8, 4) is 5.75 Å². The topological polar surface area (TPSA) is 79.1 Å². The maximum absolute atomic E-state index is 12.3. The van der Waals surface area contributed by atoms with Crippen LogP contribution in [0.1, 0.15) is 43.5 Å². The Morgan fingerprint density at radius 1 is 1.12 bits per heavy atom. The van der Waals surface area contributed by atoms with Crippen LogP contribution in [0.15, 0.2) is 47.7 Å². The number of rotatable bonds is 5. The Morgan fingerprint density at radius 2 is 1.94 bits per heavy atom. The van der Waals surface area contributed by atoms with E-state index in [0.29, 0.717) is 12.5 Å². The second-order valence-corrected chi connectivity index (χ2v) is 8.68. The number of ether oxygens (including phenoxy) is 2. The third-order valence-corrected chi connectivity index (χ3v) is 6.55. The molecule has 2 aromatic heterocycles. The van der Waals surface area contributed by atoms with Crippen LogP contribution >= 0.6 is 0 Å². The molecule has 3 heterocycles. The number of aryl methyl sites for hydroxylation is 1. The lowest BCUT2D eigenvalue weighted by Gasteiger charge is -2.29. The summed E-state index contributed by atoms with van der Waals surface area (Å²) >= 11 is 0. The lowest BCUT2D eigenvalue weighted by atomic mass is 9.85. The fraction of sp³-hybridized carbons (Fsp3) is 0.440. The SMILES string of the molecule is Cn1c(=O)cnc2cc(C3=CCOCC3)cc(OC3CCC(Cc4ncccn4)CC3)c21. The van der Waals surface area contributed by atoms with Crippen molar-refractivity contribution < 1.29 is 9.47 Å². The molecule has 3 aromatic rings. The Hall–Kier alpha value is -3.06. The Kier molecular flexibility index (Phi) is 5.99. The van der Waals surface area contributed by atoms with Crippen LogP contribution in [0.4, 0.5) is 0 Å². The van der Waals surface area contributed by atoms with Crippen molar-refractivity contribution in [1.29, 1.82) is 0 Å². The van der Waals surface area contributed by atoms with Gasteiger partial charge in [0.25, 0.3) is 5.56 Å². The zero-order valence-electron chi connectivity index (χ0n) is 18.4. The van der Waals surface area contributed by atoms with E-state index in [-0.39, 0.29) is 11.7 Å². The molecule has 1 aliphatic carbocycles. The molecule has 0 spiro atoms. The Bertz CT molecular complexity index is 1180. The van der Waals surface area contributed by atoms with Crippen LogP contribution in [0, 0.1) is 5.92 Å². The average Bonchev–Trinajstić information content (AvgIpc) is 2.84. The molecule has 0 radical (unpaired) electrons. The first kappa shape index (κ1) is 20.8. The van der Waals surface area contributed by atoms with E-state index >= 15 is 0 Å². The van der Waals surface area contributed by atoms with Crippen molar-refractivity contribution in [2.75, 3.05) is 13.2 Å². The molecular weight excluding hydrogens is 404 g/mol. The van der Waals surface area contributed by atoms with Crippen LogP contribution in [0.3, 0.4) is 0 Å². The van der Waals surface area contributed by atoms with Gasteiger partial charge in [-0.3, -0.25) is 4.79 Å². The summed E-state index contributed by atoms with van der Waals surface area (Å²) in [7, 11) is 1.78. The van der Waals surface area contributed by atoms with Crippen molar-refractivity contribution >= 4 is 16.6 Å². The molecule has 166 valence electrons. The smallest absolute Gasteiger partial charge is 0.269 e. The monoisotopic (exact) mass is 432 g/mol. The maximum atomic E-state index is 12.3. The molecule has 0 saturated heterocycles. The fourth-order valence-electron chi connectivity index (χ4n) is 4.74. The first-order chi connectivity index (χ1) is 15.7. The van der Waals surface area contributed by atoms with Gasteiger partial charge in [0.15, 0.2) is 0 Å². The van der Waals surface area contributed by atoms with Gasteiger partial charge in [-0.25, -0.2) is 15.0 Å². The minimum Gasteiger partial charge on any atom is -0.488 e. The average molecular weight is 433 g/mol. The number of benzene rings is 1. The van der Waals surface area contributed by atoms with E-state index < -0.39 is 0 Å². The largest absolute Gasteiger partial charge is 0.488 e. The van der Waals surface area contributed by atoms with E-state index in [9.17, 15) is 4.79 Å². The molecule has 0 amide bonds. The third kappa shape index (κ3) is 4.43. The summed E-state index contributed by atoms with van der Waals surface area (Å²) in [6.07, 6.45) is 13.1. The van der Waals surface area contributed by atoms with E-state index in [4.69, 9.17) is 9.47 Å². The summed E-state index contributed by atoms with van der Waals surface area (Å²) in [6.45, 7) is 1.34. The first-order valence-electron chi connectivity index (χ1n) is 11.4. The minimum atomic E-state index is -0.132. The quantitative estimate of drug-likeness (QED) is 0.612. The highest BCUT2D eigenvalue weighted by Crippen LogP contribution is 2.34. The molecule has 1 saturated carbocycles. The zero-order valence-corrected chi connectivity index (χ0v) is 18.4. The molecule has 1 aliphatic heterocycles. The Balaban J connectivity index is 1.38. The van der Waals surface area contributed by atoms with E-state index in [1.165, 1.54) is 11.8 Å². The fourth-order valence-corrected chi connectivity index (χ4v) is 4.74. The highest BCUT2D eigenvalue weighted by molar-refractivity contribution is 5.86. The Morgan fingerprint density at radius 3 is 2.69 bits per heavy atom. The van der Waals surface area contributed by atoms with Crippen LogP contribution in [0.5, 0.6) is 5.75 Å². The number of hydrogen-bond acceptors (Lipinski definition) is 6. The van der Waals surface area contributed by atoms with Crippen LogP contribution < -0.4 is 10.3 Å². The number of fused-ring (bicyclic) bond motifs is 1. The van der Waals surface area contributed by atoms with Crippen LogP contribution in [0.2, 0.25) is 0 Å². The summed E-state index contributed by atoms with van der Waals surface area (Å²) in [6, 6.07) is 5.98. The summed E-state index contributed by atoms with van der Waals surface area (Å²) in [5, 5.41) is 0. The van der Waals surface area contributed by atoms with Gasteiger partial charge in [0, 0.05) is 25.9 Å². The molecule has 0 atom stereocenters. The van der Waals surface area contributed by atoms with Gasteiger partial charge in [0.2, 0.25) is 0 Å². The summed E-state index contributed by atoms with van der Waals surface area (Å²) < 4.78 is 13.7. The molecule has 1 aromatic carbocycles. The van der Waals surface area contributed by atoms with E-state index in [1.54, 1.807) is 24.0 Å². The van der Waals surface area contributed by atoms with Crippen LogP contribution in [0.25, 0.3) is 16.6 Å². The molecule has 32 heavy (non-hydrogen) atoms. The summed E-state index contributed by atoms with van der Waals surface area (Å²) in [4.78, 5) is 25.4. The van der Waals surface area contributed by atoms with Gasteiger partial charge in [0.05, 0.1) is 31.0 Å². The van der Waals surface area contributed by atoms with Crippen molar-refractivity contribution in [2.45, 2.75) is 44.6 Å². The van der Waals surface area contributed by atoms with Gasteiger partial charge in [0.1, 0.15) is 17.1 Å². The van der Waals surface area contributed by atoms with Crippen molar-refractivity contribution in [3.63, 3.8) is 0 Å². The highest BCUT2D eigenvalue weighted by atomic mass is 16.5. The molecule has 0 bridgehead atoms. The van der Waals surface area contributed by atoms with Gasteiger partial charge >= 0.3 is 0 Å². The lowest BCUT2D eigenvalue weighted by Crippen LogP contribution is -2.26. The van der Waals surface area contributed by atoms with E-state index in [0.717, 1.165) is 73.3 Å². The number of nitrogens with zero attached hydrogens (tertiary/aromatic N) is 4. The predicted octanol–water partition coefficient (Wildman–Crippen LogP) is 3.71. The molecule has 1 fully saturated rings. The first-order valence-corrected chi connectivity index (χ1v) is 11.4. The summed E-state index contributed by atoms with van der Waals surface area (Å²) in [5.41, 5.74) is 3.74.